The Balaban J connectivity index is 1.32. The minimum absolute atomic E-state index is 0.0586. The molecular weight excluding hydrogens is 565 g/mol. The fourth-order valence-electron chi connectivity index (χ4n) is 6.26. The number of fused-ring (bicyclic) bond motifs is 1. The van der Waals surface area contributed by atoms with E-state index in [1.165, 1.54) is 18.2 Å². The van der Waals surface area contributed by atoms with E-state index in [4.69, 9.17) is 0 Å². The first kappa shape index (κ1) is 30.0. The van der Waals surface area contributed by atoms with Gasteiger partial charge in [0.2, 0.25) is 10.0 Å². The number of carbonyl (C=O) groups is 1. The van der Waals surface area contributed by atoms with Crippen molar-refractivity contribution in [1.82, 2.24) is 14.6 Å². The molecule has 0 spiro atoms. The number of carbonyl (C=O) groups excluding carboxylic acids is 1. The maximum atomic E-state index is 13.6. The minimum Gasteiger partial charge on any atom is -0.371 e. The van der Waals surface area contributed by atoms with Crippen LogP contribution in [0.2, 0.25) is 0 Å². The zero-order valence-corrected chi connectivity index (χ0v) is 24.7. The summed E-state index contributed by atoms with van der Waals surface area (Å²) >= 11 is 0. The van der Waals surface area contributed by atoms with Gasteiger partial charge >= 0.3 is 6.18 Å². The van der Waals surface area contributed by atoms with E-state index in [2.05, 4.69) is 14.6 Å². The van der Waals surface area contributed by atoms with E-state index in [0.29, 0.717) is 17.5 Å². The van der Waals surface area contributed by atoms with Crippen molar-refractivity contribution in [3.8, 4) is 0 Å². The summed E-state index contributed by atoms with van der Waals surface area (Å²) < 4.78 is 69.4. The van der Waals surface area contributed by atoms with Gasteiger partial charge in [-0.3, -0.25) is 9.78 Å². The summed E-state index contributed by atoms with van der Waals surface area (Å²) in [6.07, 6.45) is 0.908. The van der Waals surface area contributed by atoms with Crippen molar-refractivity contribution < 1.29 is 26.4 Å². The van der Waals surface area contributed by atoms with E-state index in [1.54, 1.807) is 36.5 Å². The molecule has 1 aliphatic carbocycles. The lowest BCUT2D eigenvalue weighted by Crippen LogP contribution is -2.45. The van der Waals surface area contributed by atoms with E-state index < -0.39 is 33.6 Å². The molecule has 5 rings (SSSR count). The van der Waals surface area contributed by atoms with Crippen LogP contribution in [-0.4, -0.2) is 50.4 Å². The Bertz CT molecular complexity index is 1550. The number of nitrogens with zero attached hydrogens (tertiary/aromatic N) is 3. The maximum Gasteiger partial charge on any atom is 0.416 e. The second kappa shape index (κ2) is 11.3. The van der Waals surface area contributed by atoms with Crippen molar-refractivity contribution >= 4 is 21.6 Å². The molecule has 2 aliphatic rings. The molecular formula is C31H35F3N4O3S. The lowest BCUT2D eigenvalue weighted by molar-refractivity contribution is -0.138. The smallest absolute Gasteiger partial charge is 0.371 e. The average Bonchev–Trinajstić information content (AvgIpc) is 3.20. The summed E-state index contributed by atoms with van der Waals surface area (Å²) in [6.45, 7) is 5.60. The van der Waals surface area contributed by atoms with Crippen LogP contribution in [-0.2, 0) is 27.4 Å². The number of hydrogen-bond donors (Lipinski definition) is 1. The quantitative estimate of drug-likeness (QED) is 0.377. The van der Waals surface area contributed by atoms with Gasteiger partial charge in [0.05, 0.1) is 11.3 Å². The molecule has 1 fully saturated rings. The highest BCUT2D eigenvalue weighted by Gasteiger charge is 2.40. The highest BCUT2D eigenvalue weighted by Crippen LogP contribution is 2.45. The second-order valence-corrected chi connectivity index (χ2v) is 13.6. The zero-order chi connectivity index (χ0) is 30.3. The minimum atomic E-state index is -4.66. The van der Waals surface area contributed by atoms with Gasteiger partial charge in [0.1, 0.15) is 0 Å². The molecule has 1 atom stereocenters. The molecule has 2 aromatic carbocycles. The van der Waals surface area contributed by atoms with Gasteiger partial charge in [-0.15, -0.1) is 0 Å². The Hall–Kier alpha value is -3.44. The van der Waals surface area contributed by atoms with E-state index in [-0.39, 0.29) is 22.9 Å². The third-order valence-electron chi connectivity index (χ3n) is 8.47. The van der Waals surface area contributed by atoms with Crippen LogP contribution in [0, 0.1) is 0 Å². The fourth-order valence-corrected chi connectivity index (χ4v) is 7.65. The number of aromatic nitrogens is 1. The van der Waals surface area contributed by atoms with Crippen molar-refractivity contribution in [1.29, 1.82) is 0 Å². The number of rotatable bonds is 7. The molecule has 1 saturated heterocycles. The Kier molecular flexibility index (Phi) is 8.10. The summed E-state index contributed by atoms with van der Waals surface area (Å²) in [6, 6.07) is 13.4. The SMILES string of the molecule is CN(C(=O)c1ccc2c(c1)C(NS(=O)(=O)Cc1ccccc1C(F)(F)F)CC2(C)C)C1CCN(c2ccncc2)CC1. The predicted molar refractivity (Wildman–Crippen MR) is 156 cm³/mol. The summed E-state index contributed by atoms with van der Waals surface area (Å²) in [5, 5.41) is 0. The highest BCUT2D eigenvalue weighted by molar-refractivity contribution is 7.88. The first-order chi connectivity index (χ1) is 19.7. The molecule has 11 heteroatoms. The van der Waals surface area contributed by atoms with E-state index in [0.717, 1.165) is 43.2 Å². The van der Waals surface area contributed by atoms with Crippen molar-refractivity contribution in [3.63, 3.8) is 0 Å². The molecule has 1 N–H and O–H groups in total. The highest BCUT2D eigenvalue weighted by atomic mass is 32.2. The number of halogens is 3. The Labute approximate surface area is 244 Å². The van der Waals surface area contributed by atoms with Crippen LogP contribution in [0.1, 0.15) is 71.8 Å². The molecule has 0 saturated carbocycles. The summed E-state index contributed by atoms with van der Waals surface area (Å²) in [7, 11) is -2.35. The first-order valence-corrected chi connectivity index (χ1v) is 15.6. The van der Waals surface area contributed by atoms with Crippen LogP contribution < -0.4 is 9.62 Å². The molecule has 3 aromatic rings. The topological polar surface area (TPSA) is 82.6 Å². The second-order valence-electron chi connectivity index (χ2n) is 11.8. The molecule has 1 aromatic heterocycles. The van der Waals surface area contributed by atoms with E-state index in [1.807, 2.05) is 32.0 Å². The van der Waals surface area contributed by atoms with Gasteiger partial charge in [0.25, 0.3) is 5.91 Å². The van der Waals surface area contributed by atoms with Crippen molar-refractivity contribution in [2.24, 2.45) is 0 Å². The van der Waals surface area contributed by atoms with Crippen LogP contribution >= 0.6 is 0 Å². The third kappa shape index (κ3) is 6.32. The Morgan fingerprint density at radius 3 is 2.40 bits per heavy atom. The normalized spacial score (nSPS) is 19.0. The Morgan fingerprint density at radius 1 is 1.07 bits per heavy atom. The van der Waals surface area contributed by atoms with Crippen LogP contribution in [0.3, 0.4) is 0 Å². The standard InChI is InChI=1S/C31H35F3N4O3S/c1-30(2)19-28(36-42(40,41)20-22-6-4-5-7-26(22)31(32,33)34)25-18-21(8-9-27(25)30)29(39)37(3)23-12-16-38(17-13-23)24-10-14-35-15-11-24/h4-11,14-15,18,23,28,36H,12-13,16-17,19-20H2,1-3H3. The van der Waals surface area contributed by atoms with Gasteiger partial charge in [0.15, 0.2) is 0 Å². The monoisotopic (exact) mass is 600 g/mol. The number of benzene rings is 2. The number of pyridine rings is 1. The van der Waals surface area contributed by atoms with Gasteiger partial charge in [-0.2, -0.15) is 13.2 Å². The molecule has 7 nitrogen and oxygen atoms in total. The first-order valence-electron chi connectivity index (χ1n) is 14.0. The molecule has 224 valence electrons. The zero-order valence-electron chi connectivity index (χ0n) is 23.9. The van der Waals surface area contributed by atoms with Crippen LogP contribution in [0.25, 0.3) is 0 Å². The van der Waals surface area contributed by atoms with Crippen LogP contribution in [0.15, 0.2) is 67.0 Å². The molecule has 1 unspecified atom stereocenters. The maximum absolute atomic E-state index is 13.6. The number of nitrogens with one attached hydrogen (secondary N) is 1. The fraction of sp³-hybridized carbons (Fsp3) is 0.419. The lowest BCUT2D eigenvalue weighted by atomic mass is 9.86. The van der Waals surface area contributed by atoms with Gasteiger partial charge < -0.3 is 9.80 Å². The van der Waals surface area contributed by atoms with E-state index >= 15 is 0 Å². The van der Waals surface area contributed by atoms with Gasteiger partial charge in [-0.05, 0) is 71.7 Å². The number of alkyl halides is 3. The number of sulfonamides is 1. The lowest BCUT2D eigenvalue weighted by Gasteiger charge is -2.38. The molecule has 0 bridgehead atoms. The number of hydrogen-bond acceptors (Lipinski definition) is 5. The van der Waals surface area contributed by atoms with Gasteiger partial charge in [-0.1, -0.05) is 38.1 Å². The summed E-state index contributed by atoms with van der Waals surface area (Å²) in [5.41, 5.74) is 1.49. The molecule has 42 heavy (non-hydrogen) atoms. The number of piperidine rings is 1. The summed E-state index contributed by atoms with van der Waals surface area (Å²) in [5.74, 6) is -0.945. The summed E-state index contributed by atoms with van der Waals surface area (Å²) in [4.78, 5) is 21.7. The molecule has 1 amide bonds. The van der Waals surface area contributed by atoms with Crippen molar-refractivity contribution in [2.45, 2.75) is 62.5 Å². The third-order valence-corrected chi connectivity index (χ3v) is 9.80. The van der Waals surface area contributed by atoms with Gasteiger partial charge in [-0.25, -0.2) is 13.1 Å². The van der Waals surface area contributed by atoms with E-state index in [9.17, 15) is 26.4 Å². The predicted octanol–water partition coefficient (Wildman–Crippen LogP) is 5.68. The van der Waals surface area contributed by atoms with Gasteiger partial charge in [0, 0.05) is 55.9 Å². The molecule has 1 aliphatic heterocycles. The molecule has 2 heterocycles. The van der Waals surface area contributed by atoms with Crippen LogP contribution in [0.5, 0.6) is 0 Å². The average molecular weight is 601 g/mol. The van der Waals surface area contributed by atoms with Crippen molar-refractivity contribution in [2.75, 3.05) is 25.0 Å². The number of anilines is 1. The number of amides is 1. The van der Waals surface area contributed by atoms with Crippen LogP contribution in [0.4, 0.5) is 18.9 Å². The molecule has 0 radical (unpaired) electrons. The largest absolute Gasteiger partial charge is 0.416 e. The van der Waals surface area contributed by atoms with Crippen molar-refractivity contribution in [3.05, 3.63) is 94.8 Å². The Morgan fingerprint density at radius 2 is 1.74 bits per heavy atom.